The molecule has 2 aromatic heterocycles. The predicted octanol–water partition coefficient (Wildman–Crippen LogP) is 3.90. The molecule has 2 heterocycles. The average Bonchev–Trinajstić information content (AvgIpc) is 3.15. The number of nitrogens with one attached hydrogen (secondary N) is 2. The first-order valence-electron chi connectivity index (χ1n) is 9.66. The van der Waals surface area contributed by atoms with Gasteiger partial charge in [-0.15, -0.1) is 11.3 Å². The first-order valence-corrected chi connectivity index (χ1v) is 12.2. The average molecular weight is 409 g/mol. The number of aromatic nitrogens is 2. The molecule has 0 radical (unpaired) electrons. The van der Waals surface area contributed by atoms with Crippen LogP contribution in [-0.4, -0.2) is 36.7 Å². The van der Waals surface area contributed by atoms with Gasteiger partial charge in [0.2, 0.25) is 10.0 Å². The van der Waals surface area contributed by atoms with E-state index in [0.29, 0.717) is 18.5 Å². The van der Waals surface area contributed by atoms with Crippen LogP contribution >= 0.6 is 11.3 Å². The number of nitrogens with zero attached hydrogens (tertiary/aromatic N) is 2. The number of hydrogen-bond acceptors (Lipinski definition) is 6. The molecule has 0 spiro atoms. The van der Waals surface area contributed by atoms with Crippen LogP contribution in [0.5, 0.6) is 0 Å². The molecular formula is C19H28N4O2S2. The van der Waals surface area contributed by atoms with Crippen LogP contribution in [0.1, 0.15) is 45.4 Å². The zero-order valence-corrected chi connectivity index (χ0v) is 17.4. The molecule has 27 heavy (non-hydrogen) atoms. The molecule has 0 unspecified atom stereocenters. The Labute approximate surface area is 165 Å². The Hall–Kier alpha value is -1.51. The van der Waals surface area contributed by atoms with Crippen molar-refractivity contribution in [3.8, 4) is 11.4 Å². The van der Waals surface area contributed by atoms with Crippen LogP contribution in [0.4, 0.5) is 5.13 Å². The van der Waals surface area contributed by atoms with Gasteiger partial charge in [-0.1, -0.05) is 19.4 Å². The summed E-state index contributed by atoms with van der Waals surface area (Å²) in [5.41, 5.74) is 1.79. The first kappa shape index (κ1) is 20.2. The monoisotopic (exact) mass is 408 g/mol. The lowest BCUT2D eigenvalue weighted by Gasteiger charge is -2.29. The fraction of sp³-hybridized carbons (Fsp3) is 0.579. The lowest BCUT2D eigenvalue weighted by molar-refractivity contribution is 0.337. The molecule has 2 aromatic rings. The summed E-state index contributed by atoms with van der Waals surface area (Å²) in [5.74, 6) is 0.670. The largest absolute Gasteiger partial charge is 0.359 e. The standard InChI is InChI=1S/C19H28N4O2S2/c1-2-3-12-27(24,25)21-13-15-7-9-16(10-8-15)22-19-23-18(14-26-19)17-6-4-5-11-20-17/h4-6,11,14-16,21H,2-3,7-10,12-13H2,1H3,(H,22,23). The van der Waals surface area contributed by atoms with E-state index in [9.17, 15) is 8.42 Å². The topological polar surface area (TPSA) is 84.0 Å². The van der Waals surface area contributed by atoms with Gasteiger partial charge < -0.3 is 5.32 Å². The van der Waals surface area contributed by atoms with Gasteiger partial charge in [0.05, 0.1) is 11.4 Å². The summed E-state index contributed by atoms with van der Waals surface area (Å²) in [4.78, 5) is 8.98. The van der Waals surface area contributed by atoms with Crippen molar-refractivity contribution in [2.24, 2.45) is 5.92 Å². The Bertz CT molecular complexity index is 800. The zero-order valence-electron chi connectivity index (χ0n) is 15.7. The number of thiazole rings is 1. The highest BCUT2D eigenvalue weighted by Gasteiger charge is 2.23. The number of sulfonamides is 1. The third kappa shape index (κ3) is 6.26. The highest BCUT2D eigenvalue weighted by Crippen LogP contribution is 2.29. The van der Waals surface area contributed by atoms with E-state index >= 15 is 0 Å². The van der Waals surface area contributed by atoms with Crippen molar-refractivity contribution < 1.29 is 8.42 Å². The van der Waals surface area contributed by atoms with Gasteiger partial charge in [0, 0.05) is 24.2 Å². The lowest BCUT2D eigenvalue weighted by atomic mass is 9.86. The number of hydrogen-bond donors (Lipinski definition) is 2. The van der Waals surface area contributed by atoms with Crippen molar-refractivity contribution in [2.45, 2.75) is 51.5 Å². The second kappa shape index (κ2) is 9.61. The van der Waals surface area contributed by atoms with Gasteiger partial charge in [-0.2, -0.15) is 0 Å². The van der Waals surface area contributed by atoms with E-state index in [1.165, 1.54) is 0 Å². The number of anilines is 1. The van der Waals surface area contributed by atoms with Gasteiger partial charge in [0.15, 0.2) is 5.13 Å². The SMILES string of the molecule is CCCCS(=O)(=O)NCC1CCC(Nc2nc(-c3ccccn3)cs2)CC1. The summed E-state index contributed by atoms with van der Waals surface area (Å²) in [5, 5.41) is 6.49. The maximum absolute atomic E-state index is 11.9. The minimum Gasteiger partial charge on any atom is -0.359 e. The van der Waals surface area contributed by atoms with Crippen LogP contribution in [0.3, 0.4) is 0 Å². The number of rotatable bonds is 9. The number of unbranched alkanes of at least 4 members (excludes halogenated alkanes) is 1. The summed E-state index contributed by atoms with van der Waals surface area (Å²) in [6, 6.07) is 6.23. The van der Waals surface area contributed by atoms with Crippen LogP contribution in [0.2, 0.25) is 0 Å². The van der Waals surface area contributed by atoms with E-state index in [1.54, 1.807) is 17.5 Å². The molecule has 148 valence electrons. The van der Waals surface area contributed by atoms with Crippen molar-refractivity contribution in [3.63, 3.8) is 0 Å². The van der Waals surface area contributed by atoms with Crippen molar-refractivity contribution in [1.82, 2.24) is 14.7 Å². The Kier molecular flexibility index (Phi) is 7.20. The quantitative estimate of drug-likeness (QED) is 0.657. The van der Waals surface area contributed by atoms with Gasteiger partial charge in [0.25, 0.3) is 0 Å². The fourth-order valence-corrected chi connectivity index (χ4v) is 5.39. The Morgan fingerprint density at radius 2 is 2.00 bits per heavy atom. The molecule has 3 rings (SSSR count). The smallest absolute Gasteiger partial charge is 0.211 e. The zero-order chi connectivity index (χ0) is 19.1. The maximum atomic E-state index is 11.9. The van der Waals surface area contributed by atoms with E-state index in [2.05, 4.69) is 20.0 Å². The van der Waals surface area contributed by atoms with Crippen molar-refractivity contribution in [3.05, 3.63) is 29.8 Å². The van der Waals surface area contributed by atoms with Crippen molar-refractivity contribution in [2.75, 3.05) is 17.6 Å². The summed E-state index contributed by atoms with van der Waals surface area (Å²) < 4.78 is 26.6. The third-order valence-corrected chi connectivity index (χ3v) is 7.17. The molecule has 0 amide bonds. The summed E-state index contributed by atoms with van der Waals surface area (Å²) >= 11 is 1.61. The fourth-order valence-electron chi connectivity index (χ4n) is 3.31. The van der Waals surface area contributed by atoms with E-state index in [-0.39, 0.29) is 5.75 Å². The van der Waals surface area contributed by atoms with Crippen LogP contribution in [0.15, 0.2) is 29.8 Å². The molecule has 6 nitrogen and oxygen atoms in total. The molecule has 0 aliphatic heterocycles. The maximum Gasteiger partial charge on any atom is 0.211 e. The van der Waals surface area contributed by atoms with Gasteiger partial charge in [-0.3, -0.25) is 4.98 Å². The molecule has 1 aliphatic carbocycles. The van der Waals surface area contributed by atoms with Crippen LogP contribution < -0.4 is 10.0 Å². The highest BCUT2D eigenvalue weighted by atomic mass is 32.2. The molecule has 0 atom stereocenters. The Morgan fingerprint density at radius 1 is 1.19 bits per heavy atom. The number of pyridine rings is 1. The van der Waals surface area contributed by atoms with E-state index in [0.717, 1.165) is 55.0 Å². The molecule has 8 heteroatoms. The van der Waals surface area contributed by atoms with Crippen LogP contribution in [0, 0.1) is 5.92 Å². The third-order valence-electron chi connectivity index (χ3n) is 4.96. The van der Waals surface area contributed by atoms with Gasteiger partial charge in [-0.05, 0) is 50.2 Å². The van der Waals surface area contributed by atoms with E-state index < -0.39 is 10.0 Å². The predicted molar refractivity (Wildman–Crippen MR) is 111 cm³/mol. The summed E-state index contributed by atoms with van der Waals surface area (Å²) in [6.07, 6.45) is 7.55. The van der Waals surface area contributed by atoms with Crippen LogP contribution in [-0.2, 0) is 10.0 Å². The minimum atomic E-state index is -3.11. The van der Waals surface area contributed by atoms with Gasteiger partial charge in [-0.25, -0.2) is 18.1 Å². The van der Waals surface area contributed by atoms with Gasteiger partial charge >= 0.3 is 0 Å². The Morgan fingerprint density at radius 3 is 2.70 bits per heavy atom. The molecule has 0 saturated heterocycles. The van der Waals surface area contributed by atoms with E-state index in [4.69, 9.17) is 0 Å². The molecular weight excluding hydrogens is 380 g/mol. The molecule has 1 aliphatic rings. The van der Waals surface area contributed by atoms with Crippen LogP contribution in [0.25, 0.3) is 11.4 Å². The lowest BCUT2D eigenvalue weighted by Crippen LogP contribution is -2.35. The minimum absolute atomic E-state index is 0.239. The van der Waals surface area contributed by atoms with E-state index in [1.807, 2.05) is 30.5 Å². The normalized spacial score (nSPS) is 20.5. The molecule has 0 bridgehead atoms. The van der Waals surface area contributed by atoms with Gasteiger partial charge in [0.1, 0.15) is 5.69 Å². The molecule has 2 N–H and O–H groups in total. The summed E-state index contributed by atoms with van der Waals surface area (Å²) in [6.45, 7) is 2.57. The second-order valence-corrected chi connectivity index (χ2v) is 9.92. The first-order chi connectivity index (χ1) is 13.1. The Balaban J connectivity index is 1.43. The van der Waals surface area contributed by atoms with Crippen molar-refractivity contribution in [1.29, 1.82) is 0 Å². The highest BCUT2D eigenvalue weighted by molar-refractivity contribution is 7.89. The summed E-state index contributed by atoms with van der Waals surface area (Å²) in [7, 11) is -3.11. The second-order valence-electron chi connectivity index (χ2n) is 7.14. The molecule has 1 saturated carbocycles. The van der Waals surface area contributed by atoms with Crippen molar-refractivity contribution >= 4 is 26.5 Å². The molecule has 0 aromatic carbocycles. The molecule has 1 fully saturated rings.